The molecule has 1 saturated heterocycles. The molecule has 0 radical (unpaired) electrons. The van der Waals surface area contributed by atoms with Gasteiger partial charge in [-0.15, -0.1) is 0 Å². The van der Waals surface area contributed by atoms with Crippen LogP contribution in [-0.4, -0.2) is 55.6 Å². The minimum absolute atomic E-state index is 0.305. The highest BCUT2D eigenvalue weighted by Gasteiger charge is 2.27. The van der Waals surface area contributed by atoms with Crippen molar-refractivity contribution in [3.05, 3.63) is 12.2 Å². The Labute approximate surface area is 99.3 Å². The predicted molar refractivity (Wildman–Crippen MR) is 68.4 cm³/mol. The normalized spacial score (nSPS) is 35.4. The lowest BCUT2D eigenvalue weighted by Gasteiger charge is -2.29. The van der Waals surface area contributed by atoms with Crippen molar-refractivity contribution in [2.75, 3.05) is 33.7 Å². The molecule has 1 heterocycles. The second kappa shape index (κ2) is 5.30. The Morgan fingerprint density at radius 2 is 2.19 bits per heavy atom. The molecule has 0 aromatic rings. The van der Waals surface area contributed by atoms with E-state index < -0.39 is 0 Å². The third-order valence-corrected chi connectivity index (χ3v) is 3.75. The maximum atomic E-state index is 5.90. The van der Waals surface area contributed by atoms with Gasteiger partial charge in [-0.3, -0.25) is 4.90 Å². The van der Waals surface area contributed by atoms with Crippen LogP contribution in [0.25, 0.3) is 0 Å². The zero-order valence-electron chi connectivity index (χ0n) is 10.6. The molecule has 3 unspecified atom stereocenters. The topological polar surface area (TPSA) is 32.5 Å². The van der Waals surface area contributed by atoms with Gasteiger partial charge >= 0.3 is 0 Å². The third kappa shape index (κ3) is 3.06. The van der Waals surface area contributed by atoms with E-state index in [4.69, 9.17) is 5.73 Å². The molecule has 0 aromatic carbocycles. The van der Waals surface area contributed by atoms with E-state index in [2.05, 4.69) is 36.0 Å². The summed E-state index contributed by atoms with van der Waals surface area (Å²) < 4.78 is 0. The van der Waals surface area contributed by atoms with Crippen LogP contribution in [-0.2, 0) is 0 Å². The number of hydrogen-bond donors (Lipinski definition) is 1. The molecule has 92 valence electrons. The molecule has 0 spiro atoms. The van der Waals surface area contributed by atoms with E-state index in [0.29, 0.717) is 12.0 Å². The molecule has 16 heavy (non-hydrogen) atoms. The highest BCUT2D eigenvalue weighted by Crippen LogP contribution is 2.23. The van der Waals surface area contributed by atoms with Crippen LogP contribution >= 0.6 is 0 Å². The number of nitrogens with zero attached hydrogens (tertiary/aromatic N) is 2. The molecule has 2 N–H and O–H groups in total. The molecule has 2 aliphatic rings. The second-order valence-corrected chi connectivity index (χ2v) is 5.60. The van der Waals surface area contributed by atoms with Crippen molar-refractivity contribution >= 4 is 0 Å². The van der Waals surface area contributed by atoms with Crippen molar-refractivity contribution < 1.29 is 0 Å². The van der Waals surface area contributed by atoms with E-state index in [0.717, 1.165) is 12.5 Å². The number of hydrogen-bond acceptors (Lipinski definition) is 3. The fourth-order valence-corrected chi connectivity index (χ4v) is 3.01. The van der Waals surface area contributed by atoms with Crippen molar-refractivity contribution in [2.45, 2.75) is 31.3 Å². The average molecular weight is 223 g/mol. The van der Waals surface area contributed by atoms with Crippen molar-refractivity contribution in [1.82, 2.24) is 9.80 Å². The molecule has 3 atom stereocenters. The predicted octanol–water partition coefficient (Wildman–Crippen LogP) is 0.916. The van der Waals surface area contributed by atoms with Gasteiger partial charge in [-0.1, -0.05) is 12.2 Å². The zero-order valence-corrected chi connectivity index (χ0v) is 10.6. The molecule has 0 amide bonds. The lowest BCUT2D eigenvalue weighted by Crippen LogP contribution is -2.40. The lowest BCUT2D eigenvalue weighted by atomic mass is 10.1. The zero-order chi connectivity index (χ0) is 11.5. The van der Waals surface area contributed by atoms with Gasteiger partial charge in [0.2, 0.25) is 0 Å². The molecule has 1 aliphatic carbocycles. The molecule has 1 fully saturated rings. The van der Waals surface area contributed by atoms with Gasteiger partial charge in [0.05, 0.1) is 0 Å². The highest BCUT2D eigenvalue weighted by molar-refractivity contribution is 5.05. The Morgan fingerprint density at radius 3 is 2.81 bits per heavy atom. The molecule has 3 nitrogen and oxygen atoms in total. The molecule has 2 rings (SSSR count). The summed E-state index contributed by atoms with van der Waals surface area (Å²) in [5.41, 5.74) is 5.90. The van der Waals surface area contributed by atoms with Gasteiger partial charge in [0.25, 0.3) is 0 Å². The summed E-state index contributed by atoms with van der Waals surface area (Å²) in [6.45, 7) is 3.68. The van der Waals surface area contributed by atoms with Crippen LogP contribution in [0.4, 0.5) is 0 Å². The first-order valence-electron chi connectivity index (χ1n) is 6.48. The molecule has 0 aromatic heterocycles. The standard InChI is InChI=1S/C13H25N3/c1-15(2)10-13-4-3-7-16(13)9-11-5-6-12(14)8-11/h5-6,11-13H,3-4,7-10,14H2,1-2H3. The molecular formula is C13H25N3. The average Bonchev–Trinajstić information content (AvgIpc) is 2.77. The summed E-state index contributed by atoms with van der Waals surface area (Å²) in [4.78, 5) is 4.96. The van der Waals surface area contributed by atoms with Crippen LogP contribution < -0.4 is 5.73 Å². The summed E-state index contributed by atoms with van der Waals surface area (Å²) in [5, 5.41) is 0. The maximum Gasteiger partial charge on any atom is 0.0229 e. The monoisotopic (exact) mass is 223 g/mol. The minimum Gasteiger partial charge on any atom is -0.324 e. The van der Waals surface area contributed by atoms with E-state index in [1.54, 1.807) is 0 Å². The first kappa shape index (κ1) is 12.1. The Balaban J connectivity index is 1.82. The van der Waals surface area contributed by atoms with Crippen molar-refractivity contribution in [3.63, 3.8) is 0 Å². The molecule has 3 heteroatoms. The minimum atomic E-state index is 0.305. The quantitative estimate of drug-likeness (QED) is 0.719. The van der Waals surface area contributed by atoms with Gasteiger partial charge in [0.1, 0.15) is 0 Å². The van der Waals surface area contributed by atoms with Crippen LogP contribution in [0.5, 0.6) is 0 Å². The van der Waals surface area contributed by atoms with Gasteiger partial charge in [-0.05, 0) is 45.8 Å². The molecular weight excluding hydrogens is 198 g/mol. The Morgan fingerprint density at radius 1 is 1.38 bits per heavy atom. The van der Waals surface area contributed by atoms with Crippen LogP contribution in [0.15, 0.2) is 12.2 Å². The van der Waals surface area contributed by atoms with Gasteiger partial charge < -0.3 is 10.6 Å². The molecule has 0 bridgehead atoms. The summed E-state index contributed by atoms with van der Waals surface area (Å²) in [6.07, 6.45) is 8.35. The fraction of sp³-hybridized carbons (Fsp3) is 0.846. The van der Waals surface area contributed by atoms with Gasteiger partial charge in [-0.25, -0.2) is 0 Å². The van der Waals surface area contributed by atoms with Crippen LogP contribution in [0.2, 0.25) is 0 Å². The Kier molecular flexibility index (Phi) is 4.00. The van der Waals surface area contributed by atoms with Crippen LogP contribution in [0, 0.1) is 5.92 Å². The summed E-state index contributed by atoms with van der Waals surface area (Å²) in [6, 6.07) is 1.07. The van der Waals surface area contributed by atoms with Crippen molar-refractivity contribution in [1.29, 1.82) is 0 Å². The summed E-state index contributed by atoms with van der Waals surface area (Å²) in [5.74, 6) is 0.692. The van der Waals surface area contributed by atoms with Gasteiger partial charge in [0.15, 0.2) is 0 Å². The van der Waals surface area contributed by atoms with E-state index in [-0.39, 0.29) is 0 Å². The maximum absolute atomic E-state index is 5.90. The first-order valence-corrected chi connectivity index (χ1v) is 6.48. The second-order valence-electron chi connectivity index (χ2n) is 5.60. The third-order valence-electron chi connectivity index (χ3n) is 3.75. The number of likely N-dealkylation sites (tertiary alicyclic amines) is 1. The highest BCUT2D eigenvalue weighted by atomic mass is 15.2. The van der Waals surface area contributed by atoms with Crippen LogP contribution in [0.1, 0.15) is 19.3 Å². The molecule has 1 aliphatic heterocycles. The first-order chi connectivity index (χ1) is 7.65. The smallest absolute Gasteiger partial charge is 0.0229 e. The Hall–Kier alpha value is -0.380. The molecule has 0 saturated carbocycles. The van der Waals surface area contributed by atoms with E-state index >= 15 is 0 Å². The van der Waals surface area contributed by atoms with E-state index in [1.165, 1.54) is 32.5 Å². The summed E-state index contributed by atoms with van der Waals surface area (Å²) >= 11 is 0. The SMILES string of the molecule is CN(C)CC1CCCN1CC1C=CC(N)C1. The van der Waals surface area contributed by atoms with Crippen LogP contribution in [0.3, 0.4) is 0 Å². The number of nitrogens with two attached hydrogens (primary N) is 1. The lowest BCUT2D eigenvalue weighted by molar-refractivity contribution is 0.190. The fourth-order valence-electron chi connectivity index (χ4n) is 3.01. The number of likely N-dealkylation sites (N-methyl/N-ethyl adjacent to an activating group) is 1. The van der Waals surface area contributed by atoms with E-state index in [1.807, 2.05) is 0 Å². The van der Waals surface area contributed by atoms with Crippen molar-refractivity contribution in [2.24, 2.45) is 11.7 Å². The van der Waals surface area contributed by atoms with E-state index in [9.17, 15) is 0 Å². The summed E-state index contributed by atoms with van der Waals surface area (Å²) in [7, 11) is 4.34. The largest absolute Gasteiger partial charge is 0.324 e. The van der Waals surface area contributed by atoms with Crippen molar-refractivity contribution in [3.8, 4) is 0 Å². The van der Waals surface area contributed by atoms with Gasteiger partial charge in [-0.2, -0.15) is 0 Å². The number of rotatable bonds is 4. The van der Waals surface area contributed by atoms with Gasteiger partial charge in [0, 0.05) is 25.2 Å². The Bertz CT molecular complexity index is 250.